The fraction of sp³-hybridized carbons (Fsp3) is 0.0476. The molecule has 2 aromatic carbocycles. The van der Waals surface area contributed by atoms with E-state index in [2.05, 4.69) is 6.07 Å². The number of nitrogens with zero attached hydrogens (tertiary/aromatic N) is 1. The van der Waals surface area contributed by atoms with Crippen LogP contribution in [-0.2, 0) is 4.74 Å². The van der Waals surface area contributed by atoms with E-state index >= 15 is 0 Å². The van der Waals surface area contributed by atoms with Crippen LogP contribution in [0.2, 0.25) is 10.0 Å². The van der Waals surface area contributed by atoms with Crippen molar-refractivity contribution in [2.24, 2.45) is 0 Å². The molecule has 27 heavy (non-hydrogen) atoms. The maximum Gasteiger partial charge on any atom is 0.339 e. The van der Waals surface area contributed by atoms with E-state index < -0.39 is 5.97 Å². The molecule has 3 aromatic rings. The van der Waals surface area contributed by atoms with Gasteiger partial charge in [0.25, 0.3) is 0 Å². The Kier molecular flexibility index (Phi) is 5.66. The molecule has 0 spiro atoms. The van der Waals surface area contributed by atoms with Gasteiger partial charge in [0.05, 0.1) is 29.3 Å². The lowest BCUT2D eigenvalue weighted by Gasteiger charge is -2.04. The van der Waals surface area contributed by atoms with Crippen molar-refractivity contribution in [1.29, 1.82) is 5.26 Å². The second-order valence-corrected chi connectivity index (χ2v) is 6.41. The van der Waals surface area contributed by atoms with E-state index in [1.165, 1.54) is 7.11 Å². The SMILES string of the molecule is COC(=O)c1cc(-c2ccc(/C=C(/C#N)c3cccc(Cl)c3)o2)ccc1Cl. The first-order valence-electron chi connectivity index (χ1n) is 7.87. The Balaban J connectivity index is 1.95. The van der Waals surface area contributed by atoms with E-state index in [0.29, 0.717) is 38.3 Å². The molecule has 0 aliphatic carbocycles. The summed E-state index contributed by atoms with van der Waals surface area (Å²) < 4.78 is 10.5. The van der Waals surface area contributed by atoms with E-state index in [-0.39, 0.29) is 5.56 Å². The van der Waals surface area contributed by atoms with Crippen LogP contribution in [0.15, 0.2) is 59.0 Å². The van der Waals surface area contributed by atoms with Crippen molar-refractivity contribution in [3.63, 3.8) is 0 Å². The van der Waals surface area contributed by atoms with Gasteiger partial charge < -0.3 is 9.15 Å². The summed E-state index contributed by atoms with van der Waals surface area (Å²) in [4.78, 5) is 11.8. The molecule has 0 aliphatic rings. The number of carbonyl (C=O) groups excluding carboxylic acids is 1. The number of carbonyl (C=O) groups is 1. The van der Waals surface area contributed by atoms with Gasteiger partial charge in [0.15, 0.2) is 0 Å². The number of ether oxygens (including phenoxy) is 1. The molecule has 0 aliphatic heterocycles. The number of allylic oxidation sites excluding steroid dienone is 1. The van der Waals surface area contributed by atoms with Crippen molar-refractivity contribution < 1.29 is 13.9 Å². The zero-order chi connectivity index (χ0) is 19.4. The van der Waals surface area contributed by atoms with Gasteiger partial charge in [0.1, 0.15) is 11.5 Å². The van der Waals surface area contributed by atoms with Crippen LogP contribution in [-0.4, -0.2) is 13.1 Å². The molecule has 6 heteroatoms. The number of furan rings is 1. The molecule has 1 heterocycles. The number of rotatable bonds is 4. The number of hydrogen-bond donors (Lipinski definition) is 0. The van der Waals surface area contributed by atoms with Crippen molar-refractivity contribution >= 4 is 40.8 Å². The number of esters is 1. The van der Waals surface area contributed by atoms with Gasteiger partial charge in [-0.25, -0.2) is 4.79 Å². The number of hydrogen-bond acceptors (Lipinski definition) is 4. The van der Waals surface area contributed by atoms with Gasteiger partial charge in [-0.05, 0) is 54.1 Å². The average Bonchev–Trinajstić information content (AvgIpc) is 3.14. The lowest BCUT2D eigenvalue weighted by molar-refractivity contribution is 0.0601. The summed E-state index contributed by atoms with van der Waals surface area (Å²) in [7, 11) is 1.29. The first-order valence-corrected chi connectivity index (χ1v) is 8.63. The highest BCUT2D eigenvalue weighted by Gasteiger charge is 2.14. The summed E-state index contributed by atoms with van der Waals surface area (Å²) in [5.41, 5.74) is 2.04. The summed E-state index contributed by atoms with van der Waals surface area (Å²) in [5.74, 6) is 0.504. The van der Waals surface area contributed by atoms with Crippen LogP contribution in [0.4, 0.5) is 0 Å². The zero-order valence-corrected chi connectivity index (χ0v) is 15.7. The molecule has 1 aromatic heterocycles. The Labute approximate surface area is 166 Å². The van der Waals surface area contributed by atoms with Gasteiger partial charge in [-0.2, -0.15) is 5.26 Å². The smallest absolute Gasteiger partial charge is 0.339 e. The third-order valence-electron chi connectivity index (χ3n) is 3.83. The standard InChI is InChI=1S/C21H13Cl2NO3/c1-26-21(25)18-11-14(5-7-19(18)23)20-8-6-17(27-20)10-15(12-24)13-3-2-4-16(22)9-13/h2-11H,1H3/b15-10-. The molecule has 4 nitrogen and oxygen atoms in total. The molecule has 0 saturated carbocycles. The second-order valence-electron chi connectivity index (χ2n) is 5.57. The van der Waals surface area contributed by atoms with Crippen LogP contribution in [0.1, 0.15) is 21.7 Å². The fourth-order valence-corrected chi connectivity index (χ4v) is 2.89. The Morgan fingerprint density at radius 3 is 2.67 bits per heavy atom. The third-order valence-corrected chi connectivity index (χ3v) is 4.39. The predicted molar refractivity (Wildman–Crippen MR) is 105 cm³/mol. The van der Waals surface area contributed by atoms with E-state index in [1.54, 1.807) is 60.7 Å². The Morgan fingerprint density at radius 1 is 1.15 bits per heavy atom. The minimum atomic E-state index is -0.527. The van der Waals surface area contributed by atoms with Crippen LogP contribution < -0.4 is 0 Å². The molecule has 0 atom stereocenters. The van der Waals surface area contributed by atoms with Gasteiger partial charge in [-0.15, -0.1) is 0 Å². The van der Waals surface area contributed by atoms with Crippen LogP contribution in [0.25, 0.3) is 23.0 Å². The lowest BCUT2D eigenvalue weighted by Crippen LogP contribution is -2.02. The number of halogens is 2. The monoisotopic (exact) mass is 397 g/mol. The van der Waals surface area contributed by atoms with Crippen molar-refractivity contribution in [1.82, 2.24) is 0 Å². The van der Waals surface area contributed by atoms with Gasteiger partial charge in [-0.3, -0.25) is 0 Å². The summed E-state index contributed by atoms with van der Waals surface area (Å²) in [6.45, 7) is 0. The average molecular weight is 398 g/mol. The molecule has 0 radical (unpaired) electrons. The number of nitriles is 1. The number of benzene rings is 2. The molecule has 0 unspecified atom stereocenters. The van der Waals surface area contributed by atoms with Crippen molar-refractivity contribution in [3.8, 4) is 17.4 Å². The highest BCUT2D eigenvalue weighted by Crippen LogP contribution is 2.29. The second kappa shape index (κ2) is 8.13. The van der Waals surface area contributed by atoms with Crippen molar-refractivity contribution in [2.45, 2.75) is 0 Å². The molecular weight excluding hydrogens is 385 g/mol. The maximum atomic E-state index is 11.8. The minimum absolute atomic E-state index is 0.252. The molecule has 0 saturated heterocycles. The topological polar surface area (TPSA) is 63.2 Å². The Bertz CT molecular complexity index is 1080. The van der Waals surface area contributed by atoms with Crippen molar-refractivity contribution in [2.75, 3.05) is 7.11 Å². The number of methoxy groups -OCH3 is 1. The lowest BCUT2D eigenvalue weighted by atomic mass is 10.1. The molecular formula is C21H13Cl2NO3. The van der Waals surface area contributed by atoms with E-state index in [4.69, 9.17) is 32.4 Å². The highest BCUT2D eigenvalue weighted by atomic mass is 35.5. The Morgan fingerprint density at radius 2 is 1.96 bits per heavy atom. The molecule has 3 rings (SSSR count). The molecule has 134 valence electrons. The normalized spacial score (nSPS) is 11.1. The van der Waals surface area contributed by atoms with Crippen molar-refractivity contribution in [3.05, 3.63) is 81.5 Å². The summed E-state index contributed by atoms with van der Waals surface area (Å²) >= 11 is 12.0. The van der Waals surface area contributed by atoms with Gasteiger partial charge in [0, 0.05) is 10.6 Å². The maximum absolute atomic E-state index is 11.8. The van der Waals surface area contributed by atoms with Gasteiger partial charge in [-0.1, -0.05) is 35.3 Å². The minimum Gasteiger partial charge on any atom is -0.465 e. The zero-order valence-electron chi connectivity index (χ0n) is 14.2. The summed E-state index contributed by atoms with van der Waals surface area (Å²) in [5, 5.41) is 10.3. The molecule has 0 N–H and O–H groups in total. The van der Waals surface area contributed by atoms with E-state index in [1.807, 2.05) is 0 Å². The van der Waals surface area contributed by atoms with Gasteiger partial charge in [0.2, 0.25) is 0 Å². The van der Waals surface area contributed by atoms with E-state index in [0.717, 1.165) is 0 Å². The molecule has 0 amide bonds. The van der Waals surface area contributed by atoms with Gasteiger partial charge >= 0.3 is 5.97 Å². The summed E-state index contributed by atoms with van der Waals surface area (Å²) in [6, 6.07) is 17.6. The van der Waals surface area contributed by atoms with Crippen LogP contribution in [0.3, 0.4) is 0 Å². The fourth-order valence-electron chi connectivity index (χ4n) is 2.51. The molecule has 0 fully saturated rings. The van der Waals surface area contributed by atoms with Crippen LogP contribution in [0, 0.1) is 11.3 Å². The predicted octanol–water partition coefficient (Wildman–Crippen LogP) is 6.10. The first kappa shape index (κ1) is 18.8. The van der Waals surface area contributed by atoms with Crippen LogP contribution in [0.5, 0.6) is 0 Å². The van der Waals surface area contributed by atoms with E-state index in [9.17, 15) is 10.1 Å². The largest absolute Gasteiger partial charge is 0.465 e. The third kappa shape index (κ3) is 4.22. The molecule has 0 bridgehead atoms. The first-order chi connectivity index (χ1) is 13.0. The quantitative estimate of drug-likeness (QED) is 0.393. The van der Waals surface area contributed by atoms with Crippen LogP contribution >= 0.6 is 23.2 Å². The Hall–Kier alpha value is -3.00. The summed E-state index contributed by atoms with van der Waals surface area (Å²) in [6.07, 6.45) is 1.63. The highest BCUT2D eigenvalue weighted by molar-refractivity contribution is 6.33.